The van der Waals surface area contributed by atoms with E-state index in [1.54, 1.807) is 0 Å². The summed E-state index contributed by atoms with van der Waals surface area (Å²) in [6, 6.07) is 76.4. The van der Waals surface area contributed by atoms with Crippen molar-refractivity contribution in [3.63, 3.8) is 0 Å². The van der Waals surface area contributed by atoms with Crippen molar-refractivity contribution in [2.45, 2.75) is 0 Å². The zero-order chi connectivity index (χ0) is 37.0. The highest BCUT2D eigenvalue weighted by Gasteiger charge is 2.20. The molecule has 0 bridgehead atoms. The second kappa shape index (κ2) is 13.2. The van der Waals surface area contributed by atoms with Crippen LogP contribution in [0.25, 0.3) is 87.6 Å². The number of fused-ring (bicyclic) bond motifs is 7. The summed E-state index contributed by atoms with van der Waals surface area (Å²) in [5.41, 5.74) is 12.0. The third-order valence-electron chi connectivity index (χ3n) is 11.2. The molecule has 1 aromatic heterocycles. The van der Waals surface area contributed by atoms with E-state index >= 15 is 0 Å². The second-order valence-corrected chi connectivity index (χ2v) is 14.5. The van der Waals surface area contributed by atoms with Crippen molar-refractivity contribution < 1.29 is 4.42 Å². The van der Waals surface area contributed by atoms with Gasteiger partial charge >= 0.3 is 0 Å². The standard InChI is InChI=1S/C54H35NO/c1-3-20-44-36(13-1)15-11-25-45(44)40-18-9-16-38(33-40)39-17-10-19-43(34-39)55(52-27-12-26-50-49-24-7-8-28-53(49)56-54(50)52)42-31-29-37(30-32-42)51-35-41-14-2-4-21-46(41)47-22-5-6-23-48(47)51/h1-35H. The van der Waals surface area contributed by atoms with Crippen LogP contribution in [-0.2, 0) is 0 Å². The van der Waals surface area contributed by atoms with Gasteiger partial charge in [-0.1, -0.05) is 164 Å². The fourth-order valence-electron chi connectivity index (χ4n) is 8.59. The molecular formula is C54H35NO. The van der Waals surface area contributed by atoms with E-state index in [0.29, 0.717) is 0 Å². The molecule has 1 heterocycles. The molecule has 0 saturated carbocycles. The molecule has 0 aliphatic carbocycles. The molecule has 0 spiro atoms. The minimum atomic E-state index is 0.863. The number of rotatable bonds is 6. The smallest absolute Gasteiger partial charge is 0.159 e. The maximum absolute atomic E-state index is 6.66. The zero-order valence-electron chi connectivity index (χ0n) is 30.6. The van der Waals surface area contributed by atoms with E-state index < -0.39 is 0 Å². The molecule has 2 heteroatoms. The quantitative estimate of drug-likeness (QED) is 0.160. The van der Waals surface area contributed by atoms with Gasteiger partial charge in [-0.2, -0.15) is 0 Å². The van der Waals surface area contributed by atoms with E-state index in [4.69, 9.17) is 4.42 Å². The molecule has 11 aromatic rings. The Morgan fingerprint density at radius 2 is 0.911 bits per heavy atom. The first-order chi connectivity index (χ1) is 27.8. The van der Waals surface area contributed by atoms with Gasteiger partial charge in [0.25, 0.3) is 0 Å². The Morgan fingerprint density at radius 3 is 1.77 bits per heavy atom. The van der Waals surface area contributed by atoms with Crippen molar-refractivity contribution in [1.82, 2.24) is 0 Å². The van der Waals surface area contributed by atoms with E-state index in [1.807, 2.05) is 6.07 Å². The molecule has 262 valence electrons. The Bertz CT molecular complexity index is 3260. The minimum absolute atomic E-state index is 0.863. The molecule has 0 N–H and O–H groups in total. The van der Waals surface area contributed by atoms with Gasteiger partial charge in [-0.3, -0.25) is 0 Å². The van der Waals surface area contributed by atoms with Crippen LogP contribution >= 0.6 is 0 Å². The summed E-state index contributed by atoms with van der Waals surface area (Å²) in [7, 11) is 0. The lowest BCUT2D eigenvalue weighted by Crippen LogP contribution is -2.10. The SMILES string of the molecule is c1cc(-c2cccc(N(c3ccc(-c4cc5ccccc5c5ccccc45)cc3)c3cccc4c3oc3ccccc34)c2)cc(-c2cccc3ccccc23)c1. The van der Waals surface area contributed by atoms with Crippen LogP contribution in [0.5, 0.6) is 0 Å². The van der Waals surface area contributed by atoms with Crippen molar-refractivity contribution in [1.29, 1.82) is 0 Å². The van der Waals surface area contributed by atoms with E-state index in [0.717, 1.165) is 50.1 Å². The average molecular weight is 714 g/mol. The van der Waals surface area contributed by atoms with Crippen LogP contribution in [-0.4, -0.2) is 0 Å². The Morgan fingerprint density at radius 1 is 0.304 bits per heavy atom. The van der Waals surface area contributed by atoms with E-state index in [2.05, 4.69) is 211 Å². The van der Waals surface area contributed by atoms with Crippen molar-refractivity contribution in [2.24, 2.45) is 0 Å². The predicted octanol–water partition coefficient (Wildman–Crippen LogP) is 15.5. The van der Waals surface area contributed by atoms with E-state index in [9.17, 15) is 0 Å². The first kappa shape index (κ1) is 32.0. The van der Waals surface area contributed by atoms with Crippen molar-refractivity contribution in [3.8, 4) is 33.4 Å². The summed E-state index contributed by atoms with van der Waals surface area (Å²) < 4.78 is 6.66. The van der Waals surface area contributed by atoms with Crippen LogP contribution in [0.15, 0.2) is 217 Å². The van der Waals surface area contributed by atoms with Crippen molar-refractivity contribution in [3.05, 3.63) is 212 Å². The summed E-state index contributed by atoms with van der Waals surface area (Å²) in [5.74, 6) is 0. The van der Waals surface area contributed by atoms with E-state index in [-0.39, 0.29) is 0 Å². The summed E-state index contributed by atoms with van der Waals surface area (Å²) >= 11 is 0. The molecule has 0 unspecified atom stereocenters. The molecule has 11 rings (SSSR count). The van der Waals surface area contributed by atoms with Gasteiger partial charge in [0.2, 0.25) is 0 Å². The fourth-order valence-corrected chi connectivity index (χ4v) is 8.59. The Labute approximate surface area is 325 Å². The molecule has 0 amide bonds. The number of para-hydroxylation sites is 2. The van der Waals surface area contributed by atoms with Gasteiger partial charge in [0.05, 0.1) is 5.69 Å². The topological polar surface area (TPSA) is 16.4 Å². The maximum atomic E-state index is 6.66. The lowest BCUT2D eigenvalue weighted by atomic mass is 9.93. The largest absolute Gasteiger partial charge is 0.454 e. The number of nitrogens with zero attached hydrogens (tertiary/aromatic N) is 1. The molecule has 0 saturated heterocycles. The third kappa shape index (κ3) is 5.34. The number of benzene rings is 10. The number of anilines is 3. The number of furan rings is 1. The van der Waals surface area contributed by atoms with Gasteiger partial charge < -0.3 is 9.32 Å². The summed E-state index contributed by atoms with van der Waals surface area (Å²) in [5, 5.41) is 9.74. The van der Waals surface area contributed by atoms with Gasteiger partial charge in [0, 0.05) is 22.1 Å². The third-order valence-corrected chi connectivity index (χ3v) is 11.2. The van der Waals surface area contributed by atoms with Crippen molar-refractivity contribution >= 4 is 71.3 Å². The lowest BCUT2D eigenvalue weighted by Gasteiger charge is -2.26. The Balaban J connectivity index is 1.06. The molecule has 0 aliphatic heterocycles. The summed E-state index contributed by atoms with van der Waals surface area (Å²) in [6.07, 6.45) is 0. The van der Waals surface area contributed by atoms with Crippen LogP contribution in [0.3, 0.4) is 0 Å². The molecule has 0 atom stereocenters. The molecule has 0 radical (unpaired) electrons. The summed E-state index contributed by atoms with van der Waals surface area (Å²) in [4.78, 5) is 2.34. The zero-order valence-corrected chi connectivity index (χ0v) is 30.6. The van der Waals surface area contributed by atoms with Crippen molar-refractivity contribution in [2.75, 3.05) is 4.90 Å². The monoisotopic (exact) mass is 713 g/mol. The van der Waals surface area contributed by atoms with Gasteiger partial charge in [0.15, 0.2) is 5.58 Å². The van der Waals surface area contributed by atoms with Crippen LogP contribution in [0.4, 0.5) is 17.1 Å². The molecule has 10 aromatic carbocycles. The van der Waals surface area contributed by atoms with Crippen LogP contribution in [0, 0.1) is 0 Å². The van der Waals surface area contributed by atoms with Gasteiger partial charge in [-0.05, 0) is 114 Å². The van der Waals surface area contributed by atoms with Gasteiger partial charge in [-0.25, -0.2) is 0 Å². The van der Waals surface area contributed by atoms with Gasteiger partial charge in [0.1, 0.15) is 5.58 Å². The summed E-state index contributed by atoms with van der Waals surface area (Å²) in [6.45, 7) is 0. The number of hydrogen-bond acceptors (Lipinski definition) is 2. The maximum Gasteiger partial charge on any atom is 0.159 e. The second-order valence-electron chi connectivity index (χ2n) is 14.5. The highest BCUT2D eigenvalue weighted by molar-refractivity contribution is 6.14. The van der Waals surface area contributed by atoms with Gasteiger partial charge in [-0.15, -0.1) is 0 Å². The fraction of sp³-hybridized carbons (Fsp3) is 0. The molecule has 2 nitrogen and oxygen atoms in total. The Hall–Kier alpha value is -7.42. The number of hydrogen-bond donors (Lipinski definition) is 0. The first-order valence-electron chi connectivity index (χ1n) is 19.2. The first-order valence-corrected chi connectivity index (χ1v) is 19.2. The normalized spacial score (nSPS) is 11.6. The Kier molecular flexibility index (Phi) is 7.53. The average Bonchev–Trinajstić information content (AvgIpc) is 3.66. The molecule has 0 aliphatic rings. The van der Waals surface area contributed by atoms with Crippen LogP contribution < -0.4 is 4.90 Å². The minimum Gasteiger partial charge on any atom is -0.454 e. The molecule has 56 heavy (non-hydrogen) atoms. The highest BCUT2D eigenvalue weighted by atomic mass is 16.3. The lowest BCUT2D eigenvalue weighted by molar-refractivity contribution is 0.669. The van der Waals surface area contributed by atoms with Crippen LogP contribution in [0.1, 0.15) is 0 Å². The highest BCUT2D eigenvalue weighted by Crippen LogP contribution is 2.44. The van der Waals surface area contributed by atoms with E-state index in [1.165, 1.54) is 54.6 Å². The predicted molar refractivity (Wildman–Crippen MR) is 237 cm³/mol. The molecule has 0 fully saturated rings. The van der Waals surface area contributed by atoms with Crippen LogP contribution in [0.2, 0.25) is 0 Å². The molecular weight excluding hydrogens is 679 g/mol.